The molecule has 1 unspecified atom stereocenters. The molecule has 3 nitrogen and oxygen atoms in total. The van der Waals surface area contributed by atoms with E-state index in [0.29, 0.717) is 12.8 Å². The summed E-state index contributed by atoms with van der Waals surface area (Å²) in [7, 11) is 0. The lowest BCUT2D eigenvalue weighted by atomic mass is 10.0. The quantitative estimate of drug-likeness (QED) is 0.0550. The highest BCUT2D eigenvalue weighted by molar-refractivity contribution is 6.63. The van der Waals surface area contributed by atoms with E-state index in [4.69, 9.17) is 16.3 Å². The van der Waals surface area contributed by atoms with Gasteiger partial charge in [-0.05, 0) is 50.1 Å². The van der Waals surface area contributed by atoms with Crippen LogP contribution in [-0.4, -0.2) is 17.3 Å². The molecule has 0 aromatic rings. The summed E-state index contributed by atoms with van der Waals surface area (Å²) >= 11 is 5.46. The normalized spacial score (nSPS) is 12.1. The molecule has 0 aliphatic heterocycles. The number of esters is 1. The molecule has 0 aliphatic rings. The summed E-state index contributed by atoms with van der Waals surface area (Å²) in [5, 5.41) is -0.269. The molecule has 0 aromatic heterocycles. The predicted octanol–water partition coefficient (Wildman–Crippen LogP) is 11.2. The van der Waals surface area contributed by atoms with E-state index in [1.165, 1.54) is 116 Å². The zero-order valence-corrected chi connectivity index (χ0v) is 25.0. The third kappa shape index (κ3) is 28.0. The maximum atomic E-state index is 12.4. The third-order valence-electron chi connectivity index (χ3n) is 7.31. The fourth-order valence-electron chi connectivity index (χ4n) is 4.94. The van der Waals surface area contributed by atoms with Crippen LogP contribution in [0.3, 0.4) is 0 Å². The predicted molar refractivity (Wildman–Crippen MR) is 157 cm³/mol. The Hall–Kier alpha value is -0.570. The van der Waals surface area contributed by atoms with Gasteiger partial charge in [-0.25, -0.2) is 0 Å². The van der Waals surface area contributed by atoms with Gasteiger partial charge >= 0.3 is 5.97 Å². The first-order valence-electron chi connectivity index (χ1n) is 16.0. The fourth-order valence-corrected chi connectivity index (χ4v) is 5.07. The van der Waals surface area contributed by atoms with E-state index in [1.807, 2.05) is 0 Å². The van der Waals surface area contributed by atoms with Crippen molar-refractivity contribution in [3.05, 3.63) is 0 Å². The molecule has 0 saturated heterocycles. The van der Waals surface area contributed by atoms with Gasteiger partial charge in [-0.1, -0.05) is 136 Å². The van der Waals surface area contributed by atoms with Gasteiger partial charge in [0.15, 0.2) is 0 Å². The standard InChI is InChI=1S/C32H61ClO3/c1-3-5-7-9-11-13-14-15-16-17-19-21-23-29-32(35)36-30(27-24-25-28-31(33)34)26-22-20-18-12-10-8-6-4-2/h30H,3-29H2,1-2H3. The van der Waals surface area contributed by atoms with Crippen LogP contribution in [0.15, 0.2) is 0 Å². The smallest absolute Gasteiger partial charge is 0.306 e. The molecule has 0 saturated carbocycles. The van der Waals surface area contributed by atoms with E-state index in [9.17, 15) is 9.59 Å². The van der Waals surface area contributed by atoms with Crippen molar-refractivity contribution in [2.45, 2.75) is 193 Å². The first-order valence-corrected chi connectivity index (χ1v) is 16.4. The van der Waals surface area contributed by atoms with E-state index in [2.05, 4.69) is 13.8 Å². The zero-order chi connectivity index (χ0) is 26.5. The molecule has 0 spiro atoms. The van der Waals surface area contributed by atoms with Gasteiger partial charge in [-0.3, -0.25) is 9.59 Å². The van der Waals surface area contributed by atoms with Crippen molar-refractivity contribution in [2.24, 2.45) is 0 Å². The Labute approximate surface area is 230 Å². The van der Waals surface area contributed by atoms with Crippen molar-refractivity contribution < 1.29 is 14.3 Å². The molecule has 0 radical (unpaired) electrons. The Bertz CT molecular complexity index is 480. The number of carbonyl (C=O) groups excluding carboxylic acids is 2. The molecule has 0 N–H and O–H groups in total. The Kier molecular flexibility index (Phi) is 28.5. The highest BCUT2D eigenvalue weighted by Crippen LogP contribution is 2.18. The topological polar surface area (TPSA) is 43.4 Å². The number of ether oxygens (including phenoxy) is 1. The Morgan fingerprint density at radius 3 is 1.25 bits per heavy atom. The van der Waals surface area contributed by atoms with E-state index in [-0.39, 0.29) is 17.3 Å². The molecule has 0 fully saturated rings. The average Bonchev–Trinajstić information content (AvgIpc) is 2.85. The summed E-state index contributed by atoms with van der Waals surface area (Å²) in [6, 6.07) is 0. The van der Waals surface area contributed by atoms with Crippen molar-refractivity contribution >= 4 is 22.8 Å². The van der Waals surface area contributed by atoms with E-state index in [0.717, 1.165) is 44.9 Å². The average molecular weight is 529 g/mol. The fraction of sp³-hybridized carbons (Fsp3) is 0.938. The van der Waals surface area contributed by atoms with Crippen molar-refractivity contribution in [1.82, 2.24) is 0 Å². The maximum absolute atomic E-state index is 12.4. The number of hydrogen-bond donors (Lipinski definition) is 0. The van der Waals surface area contributed by atoms with Gasteiger partial charge in [0.2, 0.25) is 5.24 Å². The van der Waals surface area contributed by atoms with E-state index < -0.39 is 0 Å². The number of carbonyl (C=O) groups is 2. The van der Waals surface area contributed by atoms with Gasteiger partial charge < -0.3 is 4.74 Å². The molecule has 36 heavy (non-hydrogen) atoms. The van der Waals surface area contributed by atoms with Crippen molar-refractivity contribution in [3.63, 3.8) is 0 Å². The molecular weight excluding hydrogens is 468 g/mol. The molecule has 0 rings (SSSR count). The van der Waals surface area contributed by atoms with Crippen molar-refractivity contribution in [3.8, 4) is 0 Å². The summed E-state index contributed by atoms with van der Waals surface area (Å²) in [6.45, 7) is 4.53. The molecular formula is C32H61ClO3. The van der Waals surface area contributed by atoms with Crippen LogP contribution in [0.5, 0.6) is 0 Å². The Morgan fingerprint density at radius 2 is 0.833 bits per heavy atom. The van der Waals surface area contributed by atoms with Crippen LogP contribution in [0.25, 0.3) is 0 Å². The van der Waals surface area contributed by atoms with Gasteiger partial charge in [0.25, 0.3) is 0 Å². The van der Waals surface area contributed by atoms with Crippen LogP contribution in [-0.2, 0) is 14.3 Å². The second-order valence-corrected chi connectivity index (χ2v) is 11.4. The number of unbranched alkanes of at least 4 members (excludes halogenated alkanes) is 20. The number of rotatable bonds is 29. The second kappa shape index (κ2) is 29.0. The van der Waals surface area contributed by atoms with Crippen LogP contribution < -0.4 is 0 Å². The minimum atomic E-state index is -0.269. The minimum absolute atomic E-state index is 0.00462. The SMILES string of the molecule is CCCCCCCCCCCCCCCC(=O)OC(CCCCCCCCCC)CCCCC(=O)Cl. The van der Waals surface area contributed by atoms with Crippen LogP contribution in [0.4, 0.5) is 0 Å². The van der Waals surface area contributed by atoms with Gasteiger partial charge in [-0.15, -0.1) is 0 Å². The minimum Gasteiger partial charge on any atom is -0.462 e. The van der Waals surface area contributed by atoms with E-state index in [1.54, 1.807) is 0 Å². The summed E-state index contributed by atoms with van der Waals surface area (Å²) in [5.74, 6) is -0.0314. The van der Waals surface area contributed by atoms with E-state index >= 15 is 0 Å². The zero-order valence-electron chi connectivity index (χ0n) is 24.3. The summed E-state index contributed by atoms with van der Waals surface area (Å²) in [6.07, 6.45) is 31.8. The monoisotopic (exact) mass is 528 g/mol. The first kappa shape index (κ1) is 35.4. The Morgan fingerprint density at radius 1 is 0.500 bits per heavy atom. The van der Waals surface area contributed by atoms with Crippen molar-refractivity contribution in [2.75, 3.05) is 0 Å². The lowest BCUT2D eigenvalue weighted by molar-refractivity contribution is -0.150. The van der Waals surface area contributed by atoms with Crippen LogP contribution in [0, 0.1) is 0 Å². The van der Waals surface area contributed by atoms with Crippen LogP contribution in [0.1, 0.15) is 187 Å². The van der Waals surface area contributed by atoms with Gasteiger partial charge in [0, 0.05) is 12.8 Å². The largest absolute Gasteiger partial charge is 0.462 e. The third-order valence-corrected chi connectivity index (χ3v) is 7.50. The van der Waals surface area contributed by atoms with Gasteiger partial charge in [0.05, 0.1) is 0 Å². The lowest BCUT2D eigenvalue weighted by Gasteiger charge is -2.18. The summed E-state index contributed by atoms with van der Waals surface area (Å²) in [5.41, 5.74) is 0. The molecule has 0 bridgehead atoms. The van der Waals surface area contributed by atoms with Crippen molar-refractivity contribution in [1.29, 1.82) is 0 Å². The Balaban J connectivity index is 3.86. The highest BCUT2D eigenvalue weighted by Gasteiger charge is 2.14. The second-order valence-electron chi connectivity index (χ2n) is 11.0. The first-order chi connectivity index (χ1) is 17.6. The summed E-state index contributed by atoms with van der Waals surface area (Å²) in [4.78, 5) is 23.4. The molecule has 0 aliphatic carbocycles. The molecule has 0 heterocycles. The number of hydrogen-bond acceptors (Lipinski definition) is 3. The molecule has 1 atom stereocenters. The highest BCUT2D eigenvalue weighted by atomic mass is 35.5. The number of halogens is 1. The molecule has 0 aromatic carbocycles. The molecule has 214 valence electrons. The maximum Gasteiger partial charge on any atom is 0.306 e. The molecule has 4 heteroatoms. The summed E-state index contributed by atoms with van der Waals surface area (Å²) < 4.78 is 5.87. The van der Waals surface area contributed by atoms with Crippen LogP contribution >= 0.6 is 11.6 Å². The lowest BCUT2D eigenvalue weighted by Crippen LogP contribution is -2.18. The van der Waals surface area contributed by atoms with Crippen LogP contribution in [0.2, 0.25) is 0 Å². The van der Waals surface area contributed by atoms with Gasteiger partial charge in [0.1, 0.15) is 6.10 Å². The van der Waals surface area contributed by atoms with Gasteiger partial charge in [-0.2, -0.15) is 0 Å². The molecule has 0 amide bonds.